The summed E-state index contributed by atoms with van der Waals surface area (Å²) in [6.45, 7) is 10.7. The summed E-state index contributed by atoms with van der Waals surface area (Å²) in [5.74, 6) is -2.08. The first-order valence-electron chi connectivity index (χ1n) is 19.0. The maximum Gasteiger partial charge on any atom is 0.408 e. The molecule has 0 bridgehead atoms. The molecule has 7 atom stereocenters. The summed E-state index contributed by atoms with van der Waals surface area (Å²) in [5, 5.41) is 14.5. The number of aromatic nitrogens is 4. The summed E-state index contributed by atoms with van der Waals surface area (Å²) in [5.41, 5.74) is -1.62. The number of carbonyl (C=O) groups excluding carboxylic acids is 4. The minimum Gasteiger partial charge on any atom is -0.472 e. The van der Waals surface area contributed by atoms with Crippen molar-refractivity contribution >= 4 is 50.5 Å². The molecule has 3 fully saturated rings. The van der Waals surface area contributed by atoms with Gasteiger partial charge in [0.25, 0.3) is 11.7 Å². The molecule has 2 aliphatic heterocycles. The van der Waals surface area contributed by atoms with Gasteiger partial charge in [0, 0.05) is 16.6 Å². The normalized spacial score (nSPS) is 30.3. The van der Waals surface area contributed by atoms with Crippen LogP contribution in [0, 0.1) is 17.8 Å². The van der Waals surface area contributed by atoms with Gasteiger partial charge in [-0.2, -0.15) is 4.98 Å². The van der Waals surface area contributed by atoms with Crippen LogP contribution in [-0.2, 0) is 29.1 Å². The number of alkyl carbamates (subject to hydrolysis) is 1. The van der Waals surface area contributed by atoms with E-state index in [9.17, 15) is 27.6 Å². The molecular formula is C38H56N8O8S. The SMILES string of the molecule is C[C@@H]1CC/C=C\[C@@H]2C[C@@]2(C(=O)NS(=O)(=O)C2(C)CC2)NC(=O)[C@@H]2C[C@@H](Oc3nc4nncn4c4ccccc34)CN2C(=O)[C@@H](NC(=O)OC(C)(C)C)[C@H](C)C1.[HH].[HH].[HH]. The highest BCUT2D eigenvalue weighted by Crippen LogP contribution is 2.47. The second-order valence-corrected chi connectivity index (χ2v) is 19.2. The molecule has 2 aromatic heterocycles. The lowest BCUT2D eigenvalue weighted by Crippen LogP contribution is -2.59. The van der Waals surface area contributed by atoms with Crippen molar-refractivity contribution in [3.8, 4) is 5.88 Å². The Balaban J connectivity index is 0.00000248. The van der Waals surface area contributed by atoms with Crippen LogP contribution in [-0.4, -0.2) is 97.3 Å². The van der Waals surface area contributed by atoms with E-state index in [1.165, 1.54) is 4.90 Å². The third-order valence-corrected chi connectivity index (χ3v) is 13.5. The third kappa shape index (κ3) is 7.71. The lowest BCUT2D eigenvalue weighted by atomic mass is 9.88. The fourth-order valence-corrected chi connectivity index (χ4v) is 9.08. The van der Waals surface area contributed by atoms with Gasteiger partial charge in [0.2, 0.25) is 27.7 Å². The van der Waals surface area contributed by atoms with Crippen LogP contribution in [0.15, 0.2) is 42.7 Å². The smallest absolute Gasteiger partial charge is 0.408 e. The van der Waals surface area contributed by atoms with Gasteiger partial charge >= 0.3 is 6.09 Å². The number of nitrogens with zero attached hydrogens (tertiary/aromatic N) is 5. The molecule has 4 heterocycles. The van der Waals surface area contributed by atoms with Gasteiger partial charge < -0.3 is 25.0 Å². The summed E-state index contributed by atoms with van der Waals surface area (Å²) in [7, 11) is -4.00. The number of hydrogen-bond acceptors (Lipinski definition) is 11. The quantitative estimate of drug-likeness (QED) is 0.303. The summed E-state index contributed by atoms with van der Waals surface area (Å²) in [4.78, 5) is 62.5. The summed E-state index contributed by atoms with van der Waals surface area (Å²) in [6, 6.07) is 5.21. The van der Waals surface area contributed by atoms with Crippen molar-refractivity contribution in [3.05, 3.63) is 42.7 Å². The molecule has 3 aromatic rings. The van der Waals surface area contributed by atoms with Crippen LogP contribution in [0.5, 0.6) is 5.88 Å². The first-order valence-corrected chi connectivity index (χ1v) is 20.5. The van der Waals surface area contributed by atoms with Gasteiger partial charge in [0.1, 0.15) is 35.7 Å². The first kappa shape index (κ1) is 38.5. The molecule has 17 heteroatoms. The van der Waals surface area contributed by atoms with E-state index >= 15 is 0 Å². The lowest BCUT2D eigenvalue weighted by molar-refractivity contribution is -0.142. The van der Waals surface area contributed by atoms with Gasteiger partial charge in [-0.3, -0.25) is 23.5 Å². The summed E-state index contributed by atoms with van der Waals surface area (Å²) >= 11 is 0. The fraction of sp³-hybridized carbons (Fsp3) is 0.605. The van der Waals surface area contributed by atoms with Crippen LogP contribution in [0.4, 0.5) is 4.79 Å². The number of rotatable bonds is 6. The second-order valence-electron chi connectivity index (χ2n) is 17.0. The molecule has 4 aliphatic rings. The number of ether oxygens (including phenoxy) is 2. The van der Waals surface area contributed by atoms with Crippen molar-refractivity contribution in [2.75, 3.05) is 6.54 Å². The van der Waals surface area contributed by atoms with Gasteiger partial charge in [-0.05, 0) is 90.2 Å². The summed E-state index contributed by atoms with van der Waals surface area (Å²) in [6.07, 6.45) is 6.96. The zero-order valence-corrected chi connectivity index (χ0v) is 32.9. The van der Waals surface area contributed by atoms with Crippen LogP contribution < -0.4 is 20.1 Å². The molecule has 3 N–H and O–H groups in total. The van der Waals surface area contributed by atoms with Crippen LogP contribution >= 0.6 is 0 Å². The molecule has 2 saturated carbocycles. The molecular weight excluding hydrogens is 729 g/mol. The standard InChI is InChI=1S/C38H50N8O8S.3H2/c1-22-11-7-8-12-24-19-38(24,33(49)44-55(51,52)37(6)15-16-37)42-30(47)28-18-25(53-31-26-13-9-10-14-27(26)46-21-39-43-34(46)41-31)20-45(28)32(48)29(23(2)17-22)40-35(50)54-36(3,4)5;;;/h8-10,12-14,21-25,28-29H,7,11,15-20H2,1-6H3,(H,40,50)(H,42,47)(H,44,49);3*1H/b12-8-;;;/t22-,23-,24-,25-,28+,29+,38-;;;/m1.../s1. The number of benzene rings is 1. The van der Waals surface area contributed by atoms with Gasteiger partial charge in [-0.25, -0.2) is 13.2 Å². The average Bonchev–Trinajstić information content (AvgIpc) is 3.89. The number of carbonyl (C=O) groups is 4. The largest absolute Gasteiger partial charge is 0.472 e. The minimum atomic E-state index is -4.00. The van der Waals surface area contributed by atoms with E-state index in [1.54, 1.807) is 38.4 Å². The average molecular weight is 785 g/mol. The Bertz CT molecular complexity index is 2180. The molecule has 0 radical (unpaired) electrons. The van der Waals surface area contributed by atoms with E-state index in [-0.39, 0.29) is 41.4 Å². The minimum absolute atomic E-state index is 0. The number of sulfonamides is 1. The Kier molecular flexibility index (Phi) is 9.83. The molecule has 2 aliphatic carbocycles. The van der Waals surface area contributed by atoms with Crippen LogP contribution in [0.3, 0.4) is 0 Å². The Morgan fingerprint density at radius 2 is 1.85 bits per heavy atom. The van der Waals surface area contributed by atoms with Crippen LogP contribution in [0.1, 0.15) is 90.8 Å². The Morgan fingerprint density at radius 1 is 1.11 bits per heavy atom. The van der Waals surface area contributed by atoms with Crippen LogP contribution in [0.2, 0.25) is 0 Å². The van der Waals surface area contributed by atoms with Crippen molar-refractivity contribution in [1.82, 2.24) is 39.8 Å². The van der Waals surface area contributed by atoms with Crippen molar-refractivity contribution in [2.45, 2.75) is 121 Å². The second kappa shape index (κ2) is 14.0. The highest BCUT2D eigenvalue weighted by atomic mass is 32.2. The van der Waals surface area contributed by atoms with Crippen molar-refractivity contribution in [1.29, 1.82) is 0 Å². The molecule has 1 saturated heterocycles. The lowest BCUT2D eigenvalue weighted by Gasteiger charge is -2.33. The monoisotopic (exact) mass is 784 g/mol. The first-order chi connectivity index (χ1) is 25.9. The maximum absolute atomic E-state index is 14.8. The predicted molar refractivity (Wildman–Crippen MR) is 207 cm³/mol. The van der Waals surface area contributed by atoms with Crippen molar-refractivity contribution in [2.24, 2.45) is 17.8 Å². The molecule has 7 rings (SSSR count). The number of fused-ring (bicyclic) bond motifs is 5. The van der Waals surface area contributed by atoms with E-state index < -0.39 is 73.8 Å². The zero-order valence-electron chi connectivity index (χ0n) is 32.1. The number of para-hydroxylation sites is 1. The third-order valence-electron chi connectivity index (χ3n) is 11.3. The zero-order chi connectivity index (χ0) is 39.5. The van der Waals surface area contributed by atoms with Gasteiger partial charge in [-0.1, -0.05) is 38.1 Å². The van der Waals surface area contributed by atoms with E-state index in [2.05, 4.69) is 37.5 Å². The number of nitrogens with one attached hydrogen (secondary N) is 3. The van der Waals surface area contributed by atoms with Gasteiger partial charge in [-0.15, -0.1) is 10.2 Å². The molecule has 0 spiro atoms. The fourth-order valence-electron chi connectivity index (χ4n) is 7.77. The summed E-state index contributed by atoms with van der Waals surface area (Å²) < 4.78 is 41.4. The predicted octanol–water partition coefficient (Wildman–Crippen LogP) is 4.14. The molecule has 0 unspecified atom stereocenters. The Morgan fingerprint density at radius 3 is 2.58 bits per heavy atom. The molecule has 4 amide bonds. The topological polar surface area (TPSA) is 203 Å². The van der Waals surface area contributed by atoms with E-state index in [0.29, 0.717) is 36.8 Å². The highest BCUT2D eigenvalue weighted by Gasteiger charge is 2.63. The van der Waals surface area contributed by atoms with Gasteiger partial charge in [0.15, 0.2) is 0 Å². The van der Waals surface area contributed by atoms with Crippen LogP contribution in [0.25, 0.3) is 16.7 Å². The molecule has 302 valence electrons. The number of allylic oxidation sites excluding steroid dienone is 1. The van der Waals surface area contributed by atoms with E-state index in [1.807, 2.05) is 43.3 Å². The number of hydrogen-bond donors (Lipinski definition) is 3. The Hall–Kier alpha value is -4.80. The highest BCUT2D eigenvalue weighted by molar-refractivity contribution is 7.91. The molecule has 1 aromatic carbocycles. The Labute approximate surface area is 324 Å². The van der Waals surface area contributed by atoms with E-state index in [0.717, 1.165) is 11.9 Å². The number of amides is 4. The molecule has 16 nitrogen and oxygen atoms in total. The van der Waals surface area contributed by atoms with Gasteiger partial charge in [0.05, 0.1) is 22.2 Å². The van der Waals surface area contributed by atoms with E-state index in [4.69, 9.17) is 9.47 Å². The maximum atomic E-state index is 14.8. The van der Waals surface area contributed by atoms with Crippen molar-refractivity contribution < 1.29 is 41.3 Å². The van der Waals surface area contributed by atoms with Crippen molar-refractivity contribution in [3.63, 3.8) is 0 Å². The molecule has 55 heavy (non-hydrogen) atoms.